The van der Waals surface area contributed by atoms with E-state index in [0.717, 1.165) is 5.39 Å². The number of rotatable bonds is 5. The lowest BCUT2D eigenvalue weighted by molar-refractivity contribution is -0.142. The van der Waals surface area contributed by atoms with E-state index < -0.39 is 17.9 Å². The first-order valence-corrected chi connectivity index (χ1v) is 8.35. The van der Waals surface area contributed by atoms with Gasteiger partial charge in [0.25, 0.3) is 5.91 Å². The molecule has 0 radical (unpaired) electrons. The third-order valence-electron chi connectivity index (χ3n) is 4.18. The Balaban J connectivity index is 1.84. The number of methoxy groups -OCH3 is 1. The van der Waals surface area contributed by atoms with Crippen molar-refractivity contribution in [3.8, 4) is 6.07 Å². The second-order valence-electron chi connectivity index (χ2n) is 5.91. The summed E-state index contributed by atoms with van der Waals surface area (Å²) < 4.78 is 4.81. The van der Waals surface area contributed by atoms with Crippen LogP contribution in [0.3, 0.4) is 0 Å². The van der Waals surface area contributed by atoms with Crippen molar-refractivity contribution >= 4 is 22.8 Å². The molecule has 6 heteroatoms. The van der Waals surface area contributed by atoms with Crippen molar-refractivity contribution in [1.29, 1.82) is 5.26 Å². The van der Waals surface area contributed by atoms with Gasteiger partial charge in [0.15, 0.2) is 0 Å². The Morgan fingerprint density at radius 3 is 2.63 bits per heavy atom. The predicted octanol–water partition coefficient (Wildman–Crippen LogP) is 2.62. The van der Waals surface area contributed by atoms with Crippen molar-refractivity contribution in [2.75, 3.05) is 7.11 Å². The average Bonchev–Trinajstić information content (AvgIpc) is 2.72. The van der Waals surface area contributed by atoms with E-state index in [0.29, 0.717) is 16.6 Å². The normalized spacial score (nSPS) is 11.4. The van der Waals surface area contributed by atoms with Gasteiger partial charge in [-0.25, -0.2) is 9.78 Å². The predicted molar refractivity (Wildman–Crippen MR) is 99.9 cm³/mol. The lowest BCUT2D eigenvalue weighted by atomic mass is 10.0. The maximum atomic E-state index is 12.6. The fourth-order valence-corrected chi connectivity index (χ4v) is 2.79. The molecule has 3 aromatic rings. The van der Waals surface area contributed by atoms with Crippen LogP contribution < -0.4 is 5.32 Å². The number of para-hydroxylation sites is 1. The Kier molecular flexibility index (Phi) is 5.43. The van der Waals surface area contributed by atoms with Gasteiger partial charge in [0.2, 0.25) is 0 Å². The summed E-state index contributed by atoms with van der Waals surface area (Å²) in [5, 5.41) is 12.8. The van der Waals surface area contributed by atoms with Gasteiger partial charge in [-0.2, -0.15) is 5.26 Å². The van der Waals surface area contributed by atoms with Crippen LogP contribution in [0.1, 0.15) is 21.6 Å². The molecule has 1 atom stereocenters. The maximum Gasteiger partial charge on any atom is 0.328 e. The molecule has 1 N–H and O–H groups in total. The summed E-state index contributed by atoms with van der Waals surface area (Å²) in [5.74, 6) is -1.07. The van der Waals surface area contributed by atoms with Crippen LogP contribution in [-0.4, -0.2) is 30.0 Å². The summed E-state index contributed by atoms with van der Waals surface area (Å²) in [7, 11) is 1.26. The monoisotopic (exact) mass is 359 g/mol. The van der Waals surface area contributed by atoms with E-state index in [1.54, 1.807) is 36.4 Å². The standard InChI is InChI=1S/C21H17N3O3/c1-27-21(26)19(12-15-7-2-3-8-16(15)13-22)24-20(25)18-11-10-14-6-4-5-9-17(14)23-18/h2-11,19H,12H2,1H3,(H,24,25)/t19-/m1/s1. The highest BCUT2D eigenvalue weighted by Crippen LogP contribution is 2.14. The number of benzene rings is 2. The van der Waals surface area contributed by atoms with Crippen LogP contribution in [0, 0.1) is 11.3 Å². The minimum absolute atomic E-state index is 0.149. The highest BCUT2D eigenvalue weighted by Gasteiger charge is 2.24. The number of nitriles is 1. The van der Waals surface area contributed by atoms with Gasteiger partial charge >= 0.3 is 5.97 Å². The fourth-order valence-electron chi connectivity index (χ4n) is 2.79. The van der Waals surface area contributed by atoms with Gasteiger partial charge in [0, 0.05) is 11.8 Å². The van der Waals surface area contributed by atoms with Gasteiger partial charge in [-0.3, -0.25) is 4.79 Å². The summed E-state index contributed by atoms with van der Waals surface area (Å²) in [4.78, 5) is 29.1. The van der Waals surface area contributed by atoms with Crippen LogP contribution in [0.2, 0.25) is 0 Å². The van der Waals surface area contributed by atoms with Crippen molar-refractivity contribution in [2.45, 2.75) is 12.5 Å². The molecule has 0 saturated carbocycles. The molecule has 0 spiro atoms. The summed E-state index contributed by atoms with van der Waals surface area (Å²) >= 11 is 0. The first kappa shape index (κ1) is 18.1. The number of fused-ring (bicyclic) bond motifs is 1. The van der Waals surface area contributed by atoms with Crippen LogP contribution in [-0.2, 0) is 16.0 Å². The second kappa shape index (κ2) is 8.11. The number of carbonyl (C=O) groups excluding carboxylic acids is 2. The SMILES string of the molecule is COC(=O)[C@@H](Cc1ccccc1C#N)NC(=O)c1ccc2ccccc2n1. The molecule has 0 aliphatic rings. The van der Waals surface area contributed by atoms with E-state index in [1.165, 1.54) is 7.11 Å². The van der Waals surface area contributed by atoms with Crippen molar-refractivity contribution in [3.63, 3.8) is 0 Å². The van der Waals surface area contributed by atoms with E-state index in [1.807, 2.05) is 24.3 Å². The number of hydrogen-bond acceptors (Lipinski definition) is 5. The van der Waals surface area contributed by atoms with Crippen LogP contribution in [0.25, 0.3) is 10.9 Å². The van der Waals surface area contributed by atoms with E-state index in [9.17, 15) is 14.9 Å². The molecule has 0 bridgehead atoms. The number of ether oxygens (including phenoxy) is 1. The molecular weight excluding hydrogens is 342 g/mol. The topological polar surface area (TPSA) is 92.1 Å². The first-order valence-electron chi connectivity index (χ1n) is 8.35. The Morgan fingerprint density at radius 2 is 1.85 bits per heavy atom. The summed E-state index contributed by atoms with van der Waals surface area (Å²) in [6, 6.07) is 18.9. The Morgan fingerprint density at radius 1 is 1.11 bits per heavy atom. The number of pyridine rings is 1. The maximum absolute atomic E-state index is 12.6. The molecule has 0 unspecified atom stereocenters. The molecule has 0 fully saturated rings. The van der Waals surface area contributed by atoms with Crippen molar-refractivity contribution in [2.24, 2.45) is 0 Å². The van der Waals surface area contributed by atoms with E-state index >= 15 is 0 Å². The minimum atomic E-state index is -0.926. The Bertz CT molecular complexity index is 1040. The van der Waals surface area contributed by atoms with Crippen LogP contribution in [0.4, 0.5) is 0 Å². The molecule has 0 saturated heterocycles. The van der Waals surface area contributed by atoms with Gasteiger partial charge in [-0.15, -0.1) is 0 Å². The molecular formula is C21H17N3O3. The molecule has 0 aliphatic heterocycles. The number of hydrogen-bond donors (Lipinski definition) is 1. The second-order valence-corrected chi connectivity index (χ2v) is 5.91. The number of amides is 1. The lowest BCUT2D eigenvalue weighted by Gasteiger charge is -2.17. The molecule has 1 amide bonds. The molecule has 1 aromatic heterocycles. The Labute approximate surface area is 156 Å². The van der Waals surface area contributed by atoms with E-state index in [4.69, 9.17) is 4.74 Å². The largest absolute Gasteiger partial charge is 0.467 e. The number of carbonyl (C=O) groups is 2. The zero-order valence-electron chi connectivity index (χ0n) is 14.7. The lowest BCUT2D eigenvalue weighted by Crippen LogP contribution is -2.43. The number of nitrogens with zero attached hydrogens (tertiary/aromatic N) is 2. The van der Waals surface area contributed by atoms with Gasteiger partial charge < -0.3 is 10.1 Å². The average molecular weight is 359 g/mol. The van der Waals surface area contributed by atoms with Gasteiger partial charge in [-0.05, 0) is 23.8 Å². The summed E-state index contributed by atoms with van der Waals surface area (Å²) in [5.41, 5.74) is 2.00. The third kappa shape index (κ3) is 4.10. The first-order chi connectivity index (χ1) is 13.1. The quantitative estimate of drug-likeness (QED) is 0.707. The summed E-state index contributed by atoms with van der Waals surface area (Å²) in [6.45, 7) is 0. The van der Waals surface area contributed by atoms with Crippen LogP contribution >= 0.6 is 0 Å². The molecule has 134 valence electrons. The number of aromatic nitrogens is 1. The van der Waals surface area contributed by atoms with E-state index in [-0.39, 0.29) is 12.1 Å². The zero-order valence-corrected chi connectivity index (χ0v) is 14.7. The van der Waals surface area contributed by atoms with Gasteiger partial charge in [0.1, 0.15) is 11.7 Å². The highest BCUT2D eigenvalue weighted by molar-refractivity contribution is 5.97. The van der Waals surface area contributed by atoms with Gasteiger partial charge in [0.05, 0.1) is 24.3 Å². The third-order valence-corrected chi connectivity index (χ3v) is 4.18. The van der Waals surface area contributed by atoms with Crippen LogP contribution in [0.5, 0.6) is 0 Å². The fraction of sp³-hybridized carbons (Fsp3) is 0.143. The van der Waals surface area contributed by atoms with Gasteiger partial charge in [-0.1, -0.05) is 42.5 Å². The van der Waals surface area contributed by atoms with Crippen molar-refractivity contribution < 1.29 is 14.3 Å². The number of esters is 1. The van der Waals surface area contributed by atoms with Crippen molar-refractivity contribution in [1.82, 2.24) is 10.3 Å². The zero-order chi connectivity index (χ0) is 19.2. The minimum Gasteiger partial charge on any atom is -0.467 e. The summed E-state index contributed by atoms with van der Waals surface area (Å²) in [6.07, 6.45) is 0.149. The molecule has 6 nitrogen and oxygen atoms in total. The number of nitrogens with one attached hydrogen (secondary N) is 1. The Hall–Kier alpha value is -3.72. The highest BCUT2D eigenvalue weighted by atomic mass is 16.5. The molecule has 3 rings (SSSR count). The van der Waals surface area contributed by atoms with Crippen molar-refractivity contribution in [3.05, 3.63) is 77.5 Å². The van der Waals surface area contributed by atoms with E-state index in [2.05, 4.69) is 16.4 Å². The molecule has 0 aliphatic carbocycles. The molecule has 27 heavy (non-hydrogen) atoms. The smallest absolute Gasteiger partial charge is 0.328 e. The molecule has 1 heterocycles. The molecule has 2 aromatic carbocycles. The van der Waals surface area contributed by atoms with Crippen LogP contribution in [0.15, 0.2) is 60.7 Å².